The van der Waals surface area contributed by atoms with Gasteiger partial charge in [-0.25, -0.2) is 23.5 Å². The maximum Gasteiger partial charge on any atom is 0.352 e. The zero-order valence-electron chi connectivity index (χ0n) is 14.5. The molecular formula is C21H21N3O2. The molecule has 2 aliphatic heterocycles. The van der Waals surface area contributed by atoms with E-state index in [0.29, 0.717) is 40.4 Å². The molecule has 2 bridgehead atoms. The van der Waals surface area contributed by atoms with Crippen LogP contribution in [0, 0.1) is 34.5 Å². The SMILES string of the molecule is O=c1n(-c2ccccc2)c(=O)n2n1[C@H]1[C@@H]3[C@@H]4[C@H]5[C@@H]3[C@@]13CCCCC[C@]53[C@H]42. The van der Waals surface area contributed by atoms with Crippen molar-refractivity contribution in [3.8, 4) is 5.69 Å². The molecule has 1 aromatic carbocycles. The number of rotatable bonds is 1. The lowest BCUT2D eigenvalue weighted by Gasteiger charge is -3.01. The molecule has 5 fully saturated rings. The molecule has 0 radical (unpaired) electrons. The first-order chi connectivity index (χ1) is 12.7. The number of benzene rings is 1. The van der Waals surface area contributed by atoms with Gasteiger partial charge in [0.25, 0.3) is 0 Å². The minimum Gasteiger partial charge on any atom is -0.245 e. The predicted molar refractivity (Wildman–Crippen MR) is 94.3 cm³/mol. The fourth-order valence-corrected chi connectivity index (χ4v) is 9.52. The number of hydrogen-bond donors (Lipinski definition) is 0. The first-order valence-electron chi connectivity index (χ1n) is 10.3. The van der Waals surface area contributed by atoms with Crippen LogP contribution in [0.4, 0.5) is 0 Å². The van der Waals surface area contributed by atoms with Gasteiger partial charge in [0.1, 0.15) is 0 Å². The molecule has 5 nitrogen and oxygen atoms in total. The van der Waals surface area contributed by atoms with E-state index >= 15 is 0 Å². The minimum atomic E-state index is -0.101. The van der Waals surface area contributed by atoms with Crippen molar-refractivity contribution in [2.75, 3.05) is 0 Å². The molecule has 0 amide bonds. The molecule has 1 aromatic heterocycles. The van der Waals surface area contributed by atoms with E-state index in [1.807, 2.05) is 39.7 Å². The van der Waals surface area contributed by atoms with E-state index in [-0.39, 0.29) is 11.4 Å². The van der Waals surface area contributed by atoms with Gasteiger partial charge in [0.05, 0.1) is 17.8 Å². The average molecular weight is 347 g/mol. The summed E-state index contributed by atoms with van der Waals surface area (Å²) in [5.41, 5.74) is 1.22. The van der Waals surface area contributed by atoms with E-state index in [0.717, 1.165) is 11.8 Å². The van der Waals surface area contributed by atoms with Gasteiger partial charge in [-0.15, -0.1) is 0 Å². The van der Waals surface area contributed by atoms with Crippen LogP contribution >= 0.6 is 0 Å². The van der Waals surface area contributed by atoms with Crippen molar-refractivity contribution in [3.05, 3.63) is 51.3 Å². The Morgan fingerprint density at radius 3 is 1.85 bits per heavy atom. The average Bonchev–Trinajstić information content (AvgIpc) is 2.78. The zero-order chi connectivity index (χ0) is 17.0. The first-order valence-corrected chi connectivity index (χ1v) is 10.3. The fraction of sp³-hybridized carbons (Fsp3) is 0.619. The molecule has 5 aliphatic carbocycles. The van der Waals surface area contributed by atoms with Gasteiger partial charge in [-0.2, -0.15) is 0 Å². The van der Waals surface area contributed by atoms with Gasteiger partial charge in [0.2, 0.25) is 0 Å². The minimum absolute atomic E-state index is 0.101. The maximum absolute atomic E-state index is 13.4. The van der Waals surface area contributed by atoms with Crippen molar-refractivity contribution in [3.63, 3.8) is 0 Å². The van der Waals surface area contributed by atoms with Crippen LogP contribution in [-0.4, -0.2) is 13.9 Å². The highest BCUT2D eigenvalue weighted by Gasteiger charge is 3.02. The Kier molecular flexibility index (Phi) is 1.79. The van der Waals surface area contributed by atoms with Gasteiger partial charge in [-0.3, -0.25) is 0 Å². The summed E-state index contributed by atoms with van der Waals surface area (Å²) in [6.07, 6.45) is 6.52. The molecule has 5 heteroatoms. The summed E-state index contributed by atoms with van der Waals surface area (Å²) in [4.78, 5) is 26.8. The van der Waals surface area contributed by atoms with Gasteiger partial charge in [0.15, 0.2) is 0 Å². The lowest BCUT2D eigenvalue weighted by molar-refractivity contribution is -0.552. The highest BCUT2D eigenvalue weighted by atomic mass is 16.2. The van der Waals surface area contributed by atoms with Crippen LogP contribution in [0.5, 0.6) is 0 Å². The predicted octanol–water partition coefficient (Wildman–Crippen LogP) is 2.35. The topological polar surface area (TPSA) is 48.9 Å². The summed E-state index contributed by atoms with van der Waals surface area (Å²) in [7, 11) is 0. The third-order valence-electron chi connectivity index (χ3n) is 9.73. The summed E-state index contributed by atoms with van der Waals surface area (Å²) >= 11 is 0. The van der Waals surface area contributed by atoms with Crippen LogP contribution in [0.3, 0.4) is 0 Å². The third kappa shape index (κ3) is 0.876. The standard InChI is InChI=1S/C21H21N3O2/c25-18-22(11-7-3-1-4-8-11)19(26)24-17-13-12-14-15(13)21(17)10-6-2-5-9-20(14,21)16(12)23(18)24/h1,3-4,7-8,12-17H,2,5-6,9-10H2/t12-,13-,14-,15+,16+,17+,20+,21-/m1/s1. The van der Waals surface area contributed by atoms with E-state index in [1.165, 1.54) is 36.7 Å². The van der Waals surface area contributed by atoms with Gasteiger partial charge < -0.3 is 0 Å². The molecule has 2 spiro atoms. The Labute approximate surface area is 150 Å². The molecule has 0 unspecified atom stereocenters. The van der Waals surface area contributed by atoms with Crippen LogP contribution in [0.15, 0.2) is 39.9 Å². The molecule has 26 heavy (non-hydrogen) atoms. The van der Waals surface area contributed by atoms with E-state index < -0.39 is 0 Å². The quantitative estimate of drug-likeness (QED) is 0.795. The van der Waals surface area contributed by atoms with Crippen molar-refractivity contribution in [2.45, 2.75) is 44.2 Å². The van der Waals surface area contributed by atoms with Crippen LogP contribution in [0.25, 0.3) is 5.69 Å². The lowest BCUT2D eigenvalue weighted by atomic mass is 9.05. The molecule has 7 aliphatic rings. The highest BCUT2D eigenvalue weighted by Crippen LogP contribution is 3.03. The number of hydrogen-bond acceptors (Lipinski definition) is 2. The van der Waals surface area contributed by atoms with Crippen molar-refractivity contribution in [1.82, 2.24) is 13.9 Å². The highest BCUT2D eigenvalue weighted by molar-refractivity contribution is 5.48. The zero-order valence-corrected chi connectivity index (χ0v) is 14.5. The van der Waals surface area contributed by atoms with Gasteiger partial charge in [-0.05, 0) is 48.6 Å². The van der Waals surface area contributed by atoms with Gasteiger partial charge in [0, 0.05) is 10.8 Å². The van der Waals surface area contributed by atoms with Crippen LogP contribution in [-0.2, 0) is 0 Å². The van der Waals surface area contributed by atoms with E-state index in [2.05, 4.69) is 0 Å². The molecule has 132 valence electrons. The Hall–Kier alpha value is -2.04. The van der Waals surface area contributed by atoms with E-state index in [4.69, 9.17) is 0 Å². The van der Waals surface area contributed by atoms with Crippen molar-refractivity contribution in [2.24, 2.45) is 34.5 Å². The fourth-order valence-electron chi connectivity index (χ4n) is 9.52. The molecular weight excluding hydrogens is 326 g/mol. The summed E-state index contributed by atoms with van der Waals surface area (Å²) < 4.78 is 5.28. The summed E-state index contributed by atoms with van der Waals surface area (Å²) in [6.45, 7) is 0. The molecule has 0 N–H and O–H groups in total. The van der Waals surface area contributed by atoms with Crippen molar-refractivity contribution < 1.29 is 0 Å². The number of nitrogens with zero attached hydrogens (tertiary/aromatic N) is 3. The number of para-hydroxylation sites is 1. The van der Waals surface area contributed by atoms with Crippen LogP contribution in [0.2, 0.25) is 0 Å². The van der Waals surface area contributed by atoms with Crippen LogP contribution in [0.1, 0.15) is 44.2 Å². The monoisotopic (exact) mass is 347 g/mol. The largest absolute Gasteiger partial charge is 0.352 e. The Morgan fingerprint density at radius 2 is 1.31 bits per heavy atom. The molecule has 2 aromatic rings. The first kappa shape index (κ1) is 13.2. The summed E-state index contributed by atoms with van der Waals surface area (Å²) in [6, 6.07) is 10.1. The van der Waals surface area contributed by atoms with Gasteiger partial charge in [-0.1, -0.05) is 37.5 Å². The second kappa shape index (κ2) is 3.54. The Balaban J connectivity index is 1.44. The number of aromatic nitrogens is 3. The van der Waals surface area contributed by atoms with Gasteiger partial charge >= 0.3 is 11.4 Å². The smallest absolute Gasteiger partial charge is 0.245 e. The van der Waals surface area contributed by atoms with E-state index in [9.17, 15) is 9.59 Å². The lowest BCUT2D eigenvalue weighted by Crippen LogP contribution is -3.00. The normalized spacial score (nSPS) is 50.2. The van der Waals surface area contributed by atoms with Crippen molar-refractivity contribution in [1.29, 1.82) is 0 Å². The third-order valence-corrected chi connectivity index (χ3v) is 9.73. The molecule has 3 heterocycles. The second-order valence-electron chi connectivity index (χ2n) is 9.66. The van der Waals surface area contributed by atoms with Crippen LogP contribution < -0.4 is 11.4 Å². The second-order valence-corrected chi connectivity index (χ2v) is 9.66. The van der Waals surface area contributed by atoms with Crippen molar-refractivity contribution >= 4 is 0 Å². The molecule has 8 atom stereocenters. The summed E-state index contributed by atoms with van der Waals surface area (Å²) in [5.74, 6) is 3.13. The molecule has 0 saturated heterocycles. The molecule has 9 rings (SSSR count). The molecule has 5 saturated carbocycles. The maximum atomic E-state index is 13.4. The Morgan fingerprint density at radius 1 is 0.769 bits per heavy atom. The Bertz CT molecular complexity index is 1060. The van der Waals surface area contributed by atoms with E-state index in [1.54, 1.807) is 0 Å². The summed E-state index contributed by atoms with van der Waals surface area (Å²) in [5, 5.41) is 0.